The Morgan fingerprint density at radius 3 is 2.53 bits per heavy atom. The van der Waals surface area contributed by atoms with Crippen molar-refractivity contribution in [3.05, 3.63) is 70.5 Å². The van der Waals surface area contributed by atoms with E-state index < -0.39 is 0 Å². The first kappa shape index (κ1) is 21.7. The van der Waals surface area contributed by atoms with Gasteiger partial charge in [0.05, 0.1) is 7.11 Å². The van der Waals surface area contributed by atoms with E-state index in [1.54, 1.807) is 13.2 Å². The van der Waals surface area contributed by atoms with Gasteiger partial charge in [-0.05, 0) is 70.2 Å². The molecule has 0 aliphatic heterocycles. The molecule has 0 bridgehead atoms. The van der Waals surface area contributed by atoms with Gasteiger partial charge in [-0.15, -0.1) is 0 Å². The lowest BCUT2D eigenvalue weighted by Crippen LogP contribution is -2.31. The highest BCUT2D eigenvalue weighted by Crippen LogP contribution is 2.38. The molecule has 158 valence electrons. The number of nitrogens with one attached hydrogen (secondary N) is 1. The number of fused-ring (bicyclic) bond motifs is 1. The standard InChI is InChI=1S/C26H31NO3/c1-16(14-24(28)27-17(2)12-13-21-10-8-7-9-11-21)22-15-23-18(3)20(5)30-26(23)19(4)25(22)29-6/h7-11,14-15,17H,12-13H2,1-6H3,(H,27,28)/b16-14+. The second-order valence-corrected chi connectivity index (χ2v) is 8.00. The number of methoxy groups -OCH3 is 1. The fraction of sp³-hybridized carbons (Fsp3) is 0.346. The molecule has 30 heavy (non-hydrogen) atoms. The number of hydrogen-bond acceptors (Lipinski definition) is 3. The Labute approximate surface area is 178 Å². The number of rotatable bonds is 7. The molecule has 1 N–H and O–H groups in total. The predicted molar refractivity (Wildman–Crippen MR) is 123 cm³/mol. The molecule has 1 atom stereocenters. The molecule has 0 saturated carbocycles. The lowest BCUT2D eigenvalue weighted by molar-refractivity contribution is -0.117. The Balaban J connectivity index is 1.77. The zero-order chi connectivity index (χ0) is 21.8. The monoisotopic (exact) mass is 405 g/mol. The maximum atomic E-state index is 12.6. The molecule has 1 unspecified atom stereocenters. The zero-order valence-corrected chi connectivity index (χ0v) is 18.8. The third-order valence-corrected chi connectivity index (χ3v) is 5.72. The van der Waals surface area contributed by atoms with E-state index >= 15 is 0 Å². The van der Waals surface area contributed by atoms with Crippen LogP contribution >= 0.6 is 0 Å². The topological polar surface area (TPSA) is 51.5 Å². The SMILES string of the molecule is COc1c(/C(C)=C/C(=O)NC(C)CCc2ccccc2)cc2c(C)c(C)oc2c1C. The summed E-state index contributed by atoms with van der Waals surface area (Å²) in [6.07, 6.45) is 3.49. The number of carbonyl (C=O) groups is 1. The van der Waals surface area contributed by atoms with E-state index in [4.69, 9.17) is 9.15 Å². The second-order valence-electron chi connectivity index (χ2n) is 8.00. The van der Waals surface area contributed by atoms with Crippen molar-refractivity contribution >= 4 is 22.4 Å². The molecule has 3 aromatic rings. The van der Waals surface area contributed by atoms with Crippen molar-refractivity contribution in [3.8, 4) is 5.75 Å². The third kappa shape index (κ3) is 4.59. The van der Waals surface area contributed by atoms with Gasteiger partial charge in [0.2, 0.25) is 5.91 Å². The van der Waals surface area contributed by atoms with Crippen molar-refractivity contribution in [3.63, 3.8) is 0 Å². The number of carbonyl (C=O) groups excluding carboxylic acids is 1. The number of hydrogen-bond donors (Lipinski definition) is 1. The fourth-order valence-electron chi connectivity index (χ4n) is 3.83. The van der Waals surface area contributed by atoms with Crippen LogP contribution in [0.3, 0.4) is 0 Å². The number of aryl methyl sites for hydroxylation is 4. The van der Waals surface area contributed by atoms with Gasteiger partial charge in [-0.25, -0.2) is 0 Å². The third-order valence-electron chi connectivity index (χ3n) is 5.72. The minimum atomic E-state index is -0.0899. The van der Waals surface area contributed by atoms with Crippen molar-refractivity contribution in [2.24, 2.45) is 0 Å². The highest BCUT2D eigenvalue weighted by molar-refractivity contribution is 5.98. The van der Waals surface area contributed by atoms with E-state index in [1.165, 1.54) is 5.56 Å². The number of ether oxygens (including phenoxy) is 1. The smallest absolute Gasteiger partial charge is 0.244 e. The van der Waals surface area contributed by atoms with E-state index in [1.807, 2.05) is 45.9 Å². The second kappa shape index (κ2) is 9.21. The van der Waals surface area contributed by atoms with Gasteiger partial charge >= 0.3 is 0 Å². The number of amides is 1. The summed E-state index contributed by atoms with van der Waals surface area (Å²) in [5.74, 6) is 1.56. The van der Waals surface area contributed by atoms with Gasteiger partial charge in [-0.2, -0.15) is 0 Å². The van der Waals surface area contributed by atoms with Crippen LogP contribution in [-0.2, 0) is 11.2 Å². The molecule has 4 heteroatoms. The minimum Gasteiger partial charge on any atom is -0.496 e. The first-order valence-electron chi connectivity index (χ1n) is 10.4. The van der Waals surface area contributed by atoms with Crippen LogP contribution in [0.5, 0.6) is 5.75 Å². The molecule has 1 heterocycles. The van der Waals surface area contributed by atoms with Crippen molar-refractivity contribution in [1.29, 1.82) is 0 Å². The quantitative estimate of drug-likeness (QED) is 0.497. The van der Waals surface area contributed by atoms with Crippen LogP contribution in [0, 0.1) is 20.8 Å². The Morgan fingerprint density at radius 1 is 1.17 bits per heavy atom. The van der Waals surface area contributed by atoms with Gasteiger partial charge in [0.25, 0.3) is 0 Å². The molecule has 0 spiro atoms. The van der Waals surface area contributed by atoms with Gasteiger partial charge in [0.15, 0.2) is 0 Å². The van der Waals surface area contributed by atoms with Crippen LogP contribution in [0.1, 0.15) is 48.3 Å². The average Bonchev–Trinajstić information content (AvgIpc) is 3.01. The molecule has 1 amide bonds. The Hall–Kier alpha value is -3.01. The summed E-state index contributed by atoms with van der Waals surface area (Å²) in [4.78, 5) is 12.6. The molecule has 0 aliphatic carbocycles. The van der Waals surface area contributed by atoms with Crippen molar-refractivity contribution in [2.45, 2.75) is 53.5 Å². The first-order valence-corrected chi connectivity index (χ1v) is 10.4. The van der Waals surface area contributed by atoms with E-state index in [0.29, 0.717) is 0 Å². The summed E-state index contributed by atoms with van der Waals surface area (Å²) < 4.78 is 11.6. The molecule has 2 aromatic carbocycles. The Bertz CT molecular complexity index is 1080. The van der Waals surface area contributed by atoms with Crippen LogP contribution in [0.2, 0.25) is 0 Å². The van der Waals surface area contributed by atoms with Crippen LogP contribution in [0.15, 0.2) is 46.9 Å². The van der Waals surface area contributed by atoms with Crippen molar-refractivity contribution < 1.29 is 13.9 Å². The van der Waals surface area contributed by atoms with Gasteiger partial charge in [0, 0.05) is 28.6 Å². The van der Waals surface area contributed by atoms with Crippen LogP contribution in [-0.4, -0.2) is 19.1 Å². The molecule has 1 aromatic heterocycles. The van der Waals surface area contributed by atoms with Gasteiger partial charge in [-0.3, -0.25) is 4.79 Å². The van der Waals surface area contributed by atoms with Gasteiger partial charge in [0.1, 0.15) is 17.1 Å². The van der Waals surface area contributed by atoms with Gasteiger partial charge in [-0.1, -0.05) is 30.3 Å². The summed E-state index contributed by atoms with van der Waals surface area (Å²) in [5.41, 5.74) is 5.97. The maximum Gasteiger partial charge on any atom is 0.244 e. The molecule has 4 nitrogen and oxygen atoms in total. The normalized spacial score (nSPS) is 12.8. The Morgan fingerprint density at radius 2 is 1.87 bits per heavy atom. The average molecular weight is 406 g/mol. The molecular weight excluding hydrogens is 374 g/mol. The minimum absolute atomic E-state index is 0.0895. The molecule has 0 radical (unpaired) electrons. The molecule has 0 aliphatic rings. The maximum absolute atomic E-state index is 12.6. The lowest BCUT2D eigenvalue weighted by Gasteiger charge is -2.15. The summed E-state index contributed by atoms with van der Waals surface area (Å²) in [7, 11) is 1.65. The summed E-state index contributed by atoms with van der Waals surface area (Å²) in [5, 5.41) is 4.14. The first-order chi connectivity index (χ1) is 14.3. The number of furan rings is 1. The zero-order valence-electron chi connectivity index (χ0n) is 18.8. The largest absolute Gasteiger partial charge is 0.496 e. The van der Waals surface area contributed by atoms with E-state index in [0.717, 1.165) is 57.6 Å². The Kier molecular flexibility index (Phi) is 6.66. The van der Waals surface area contributed by atoms with Crippen molar-refractivity contribution in [2.75, 3.05) is 7.11 Å². The van der Waals surface area contributed by atoms with Gasteiger partial charge < -0.3 is 14.5 Å². The summed E-state index contributed by atoms with van der Waals surface area (Å²) in [6, 6.07) is 12.5. The number of allylic oxidation sites excluding steroid dienone is 1. The summed E-state index contributed by atoms with van der Waals surface area (Å²) in [6.45, 7) is 10.00. The lowest BCUT2D eigenvalue weighted by atomic mass is 9.98. The van der Waals surface area contributed by atoms with Crippen LogP contribution in [0.4, 0.5) is 0 Å². The summed E-state index contributed by atoms with van der Waals surface area (Å²) >= 11 is 0. The van der Waals surface area contributed by atoms with Crippen LogP contribution < -0.4 is 10.1 Å². The highest BCUT2D eigenvalue weighted by atomic mass is 16.5. The fourth-order valence-corrected chi connectivity index (χ4v) is 3.83. The number of benzene rings is 2. The predicted octanol–water partition coefficient (Wildman–Crippen LogP) is 5.91. The molecular formula is C26H31NO3. The highest BCUT2D eigenvalue weighted by Gasteiger charge is 2.18. The van der Waals surface area contributed by atoms with E-state index in [2.05, 4.69) is 30.4 Å². The van der Waals surface area contributed by atoms with E-state index in [9.17, 15) is 4.79 Å². The van der Waals surface area contributed by atoms with E-state index in [-0.39, 0.29) is 11.9 Å². The molecule has 3 rings (SSSR count). The molecule has 0 fully saturated rings. The van der Waals surface area contributed by atoms with Crippen LogP contribution in [0.25, 0.3) is 16.5 Å². The molecule has 0 saturated heterocycles. The van der Waals surface area contributed by atoms with Crippen molar-refractivity contribution in [1.82, 2.24) is 5.32 Å².